The molecule has 0 radical (unpaired) electrons. The molecule has 2 atom stereocenters. The van der Waals surface area contributed by atoms with Gasteiger partial charge in [0.25, 0.3) is 0 Å². The SMILES string of the molecule is CCC(C)n1ccc(CN2CCNCC2C(C)C)n1. The summed E-state index contributed by atoms with van der Waals surface area (Å²) in [4.78, 5) is 2.57. The summed E-state index contributed by atoms with van der Waals surface area (Å²) in [5.74, 6) is 0.685. The maximum atomic E-state index is 4.72. The van der Waals surface area contributed by atoms with Gasteiger partial charge in [0.15, 0.2) is 0 Å². The van der Waals surface area contributed by atoms with Gasteiger partial charge in [0, 0.05) is 44.5 Å². The van der Waals surface area contributed by atoms with Crippen molar-refractivity contribution < 1.29 is 0 Å². The highest BCUT2D eigenvalue weighted by Gasteiger charge is 2.25. The fraction of sp³-hybridized carbons (Fsp3) is 0.800. The third-order valence-electron chi connectivity index (χ3n) is 4.24. The van der Waals surface area contributed by atoms with Crippen LogP contribution in [-0.4, -0.2) is 40.4 Å². The summed E-state index contributed by atoms with van der Waals surface area (Å²) in [5.41, 5.74) is 1.20. The van der Waals surface area contributed by atoms with Crippen LogP contribution >= 0.6 is 0 Å². The average Bonchev–Trinajstić information content (AvgIpc) is 2.86. The molecule has 0 spiro atoms. The van der Waals surface area contributed by atoms with Crippen LogP contribution in [0, 0.1) is 5.92 Å². The average molecular weight is 264 g/mol. The highest BCUT2D eigenvalue weighted by Crippen LogP contribution is 2.16. The Morgan fingerprint density at radius 3 is 2.89 bits per heavy atom. The summed E-state index contributed by atoms with van der Waals surface area (Å²) < 4.78 is 2.10. The van der Waals surface area contributed by atoms with Gasteiger partial charge in [-0.05, 0) is 25.3 Å². The van der Waals surface area contributed by atoms with Crippen LogP contribution in [0.4, 0.5) is 0 Å². The van der Waals surface area contributed by atoms with Crippen molar-refractivity contribution in [3.05, 3.63) is 18.0 Å². The maximum Gasteiger partial charge on any atom is 0.0765 e. The normalized spacial score (nSPS) is 22.9. The van der Waals surface area contributed by atoms with Crippen LogP contribution in [0.25, 0.3) is 0 Å². The Labute approximate surface area is 117 Å². The van der Waals surface area contributed by atoms with Gasteiger partial charge in [0.05, 0.1) is 5.69 Å². The third-order valence-corrected chi connectivity index (χ3v) is 4.24. The quantitative estimate of drug-likeness (QED) is 0.886. The largest absolute Gasteiger partial charge is 0.314 e. The molecule has 1 aliphatic heterocycles. The van der Waals surface area contributed by atoms with E-state index in [0.29, 0.717) is 18.0 Å². The van der Waals surface area contributed by atoms with E-state index in [2.05, 4.69) is 54.9 Å². The summed E-state index contributed by atoms with van der Waals surface area (Å²) >= 11 is 0. The zero-order valence-electron chi connectivity index (χ0n) is 12.8. The molecular formula is C15H28N4. The minimum atomic E-state index is 0.498. The summed E-state index contributed by atoms with van der Waals surface area (Å²) in [6.45, 7) is 13.3. The molecule has 1 aromatic heterocycles. The van der Waals surface area contributed by atoms with Crippen LogP contribution in [0.15, 0.2) is 12.3 Å². The molecule has 0 amide bonds. The zero-order chi connectivity index (χ0) is 13.8. The lowest BCUT2D eigenvalue weighted by atomic mass is 10.0. The van der Waals surface area contributed by atoms with Gasteiger partial charge in [0.2, 0.25) is 0 Å². The van der Waals surface area contributed by atoms with Crippen LogP contribution in [0.1, 0.15) is 45.9 Å². The summed E-state index contributed by atoms with van der Waals surface area (Å²) in [5, 5.41) is 8.22. The van der Waals surface area contributed by atoms with Crippen molar-refractivity contribution in [1.82, 2.24) is 20.0 Å². The van der Waals surface area contributed by atoms with Crippen molar-refractivity contribution in [2.75, 3.05) is 19.6 Å². The van der Waals surface area contributed by atoms with E-state index < -0.39 is 0 Å². The topological polar surface area (TPSA) is 33.1 Å². The van der Waals surface area contributed by atoms with Gasteiger partial charge in [0.1, 0.15) is 0 Å². The van der Waals surface area contributed by atoms with Crippen molar-refractivity contribution in [2.24, 2.45) is 5.92 Å². The van der Waals surface area contributed by atoms with E-state index in [1.807, 2.05) is 0 Å². The lowest BCUT2D eigenvalue weighted by molar-refractivity contribution is 0.115. The molecule has 19 heavy (non-hydrogen) atoms. The number of hydrogen-bond acceptors (Lipinski definition) is 3. The number of rotatable bonds is 5. The highest BCUT2D eigenvalue weighted by molar-refractivity contribution is 5.01. The minimum Gasteiger partial charge on any atom is -0.314 e. The number of nitrogens with one attached hydrogen (secondary N) is 1. The summed E-state index contributed by atoms with van der Waals surface area (Å²) in [6.07, 6.45) is 3.25. The van der Waals surface area contributed by atoms with Crippen LogP contribution in [-0.2, 0) is 6.54 Å². The molecule has 4 nitrogen and oxygen atoms in total. The van der Waals surface area contributed by atoms with Gasteiger partial charge < -0.3 is 5.32 Å². The van der Waals surface area contributed by atoms with Gasteiger partial charge >= 0.3 is 0 Å². The van der Waals surface area contributed by atoms with Crippen molar-refractivity contribution in [2.45, 2.75) is 52.7 Å². The van der Waals surface area contributed by atoms with E-state index >= 15 is 0 Å². The number of hydrogen-bond donors (Lipinski definition) is 1. The Kier molecular flexibility index (Phi) is 4.99. The highest BCUT2D eigenvalue weighted by atomic mass is 15.3. The fourth-order valence-corrected chi connectivity index (χ4v) is 2.72. The first-order chi connectivity index (χ1) is 9.11. The molecule has 1 N–H and O–H groups in total. The molecule has 1 saturated heterocycles. The monoisotopic (exact) mass is 264 g/mol. The zero-order valence-corrected chi connectivity index (χ0v) is 12.8. The lowest BCUT2D eigenvalue weighted by Gasteiger charge is -2.38. The van der Waals surface area contributed by atoms with Crippen molar-refractivity contribution >= 4 is 0 Å². The Bertz CT molecular complexity index is 385. The number of piperazine rings is 1. The van der Waals surface area contributed by atoms with E-state index in [0.717, 1.165) is 32.6 Å². The molecule has 2 unspecified atom stereocenters. The second kappa shape index (κ2) is 6.53. The molecule has 4 heteroatoms. The molecule has 0 saturated carbocycles. The van der Waals surface area contributed by atoms with Gasteiger partial charge in [-0.15, -0.1) is 0 Å². The lowest BCUT2D eigenvalue weighted by Crippen LogP contribution is -2.53. The second-order valence-corrected chi connectivity index (χ2v) is 6.03. The molecule has 108 valence electrons. The van der Waals surface area contributed by atoms with Crippen molar-refractivity contribution in [3.63, 3.8) is 0 Å². The van der Waals surface area contributed by atoms with Crippen LogP contribution in [0.5, 0.6) is 0 Å². The van der Waals surface area contributed by atoms with Gasteiger partial charge in [-0.2, -0.15) is 5.10 Å². The second-order valence-electron chi connectivity index (χ2n) is 6.03. The van der Waals surface area contributed by atoms with Gasteiger partial charge in [-0.1, -0.05) is 20.8 Å². The maximum absolute atomic E-state index is 4.72. The molecule has 0 bridgehead atoms. The van der Waals surface area contributed by atoms with Crippen LogP contribution in [0.3, 0.4) is 0 Å². The molecule has 1 aromatic rings. The molecule has 2 heterocycles. The van der Waals surface area contributed by atoms with Gasteiger partial charge in [-0.25, -0.2) is 0 Å². The Morgan fingerprint density at radius 1 is 1.42 bits per heavy atom. The van der Waals surface area contributed by atoms with Crippen LogP contribution < -0.4 is 5.32 Å². The first-order valence-corrected chi connectivity index (χ1v) is 7.60. The predicted molar refractivity (Wildman–Crippen MR) is 79.1 cm³/mol. The molecule has 1 fully saturated rings. The molecule has 0 aromatic carbocycles. The van der Waals surface area contributed by atoms with Crippen molar-refractivity contribution in [1.29, 1.82) is 0 Å². The standard InChI is InChI=1S/C15H28N4/c1-5-13(4)19-8-6-14(17-19)11-18-9-7-16-10-15(18)12(2)3/h6,8,12-13,15-16H,5,7,9-11H2,1-4H3. The fourth-order valence-electron chi connectivity index (χ4n) is 2.72. The summed E-state index contributed by atoms with van der Waals surface area (Å²) in [7, 11) is 0. The van der Waals surface area contributed by atoms with E-state index in [1.165, 1.54) is 5.69 Å². The summed E-state index contributed by atoms with van der Waals surface area (Å²) in [6, 6.07) is 3.30. The van der Waals surface area contributed by atoms with E-state index in [1.54, 1.807) is 0 Å². The van der Waals surface area contributed by atoms with Crippen LogP contribution in [0.2, 0.25) is 0 Å². The molecular weight excluding hydrogens is 236 g/mol. The van der Waals surface area contributed by atoms with E-state index in [-0.39, 0.29) is 0 Å². The Balaban J connectivity index is 2.00. The third kappa shape index (κ3) is 3.57. The van der Waals surface area contributed by atoms with E-state index in [4.69, 9.17) is 5.10 Å². The number of aromatic nitrogens is 2. The minimum absolute atomic E-state index is 0.498. The molecule has 0 aliphatic carbocycles. The first kappa shape index (κ1) is 14.5. The molecule has 1 aliphatic rings. The smallest absolute Gasteiger partial charge is 0.0765 e. The molecule has 2 rings (SSSR count). The Hall–Kier alpha value is -0.870. The van der Waals surface area contributed by atoms with E-state index in [9.17, 15) is 0 Å². The first-order valence-electron chi connectivity index (χ1n) is 7.60. The van der Waals surface area contributed by atoms with Crippen molar-refractivity contribution in [3.8, 4) is 0 Å². The Morgan fingerprint density at radius 2 is 2.21 bits per heavy atom. The predicted octanol–water partition coefficient (Wildman–Crippen LogP) is 2.28. The van der Waals surface area contributed by atoms with Gasteiger partial charge in [-0.3, -0.25) is 9.58 Å². The number of nitrogens with zero attached hydrogens (tertiary/aromatic N) is 3.